The average Bonchev–Trinajstić information content (AvgIpc) is 3.09. The molecule has 2 aromatic heterocycles. The normalized spacial score (nSPS) is 11.9. The zero-order chi connectivity index (χ0) is 19.2. The van der Waals surface area contributed by atoms with Crippen LogP contribution < -0.4 is 11.1 Å². The molecule has 1 amide bonds. The van der Waals surface area contributed by atoms with Crippen molar-refractivity contribution in [1.29, 1.82) is 0 Å². The van der Waals surface area contributed by atoms with Gasteiger partial charge in [0.25, 0.3) is 5.91 Å². The Bertz CT molecular complexity index is 908. The van der Waals surface area contributed by atoms with E-state index in [0.29, 0.717) is 18.8 Å². The van der Waals surface area contributed by atoms with Crippen molar-refractivity contribution in [3.63, 3.8) is 0 Å². The van der Waals surface area contributed by atoms with Crippen molar-refractivity contribution in [3.8, 4) is 11.1 Å². The van der Waals surface area contributed by atoms with Crippen molar-refractivity contribution >= 4 is 11.7 Å². The van der Waals surface area contributed by atoms with Gasteiger partial charge < -0.3 is 15.8 Å². The standard InChI is InChI=1S/C20H23N5O2/c1-14(12-27-13-15-6-4-3-5-7-15)24-20(26)18-8-16(9-22-19(18)21)17-10-23-25(2)11-17/h3-11,14H,12-13H2,1-2H3,(H2,21,22)(H,24,26). The van der Waals surface area contributed by atoms with Crippen LogP contribution in [0.5, 0.6) is 0 Å². The number of carbonyl (C=O) groups is 1. The van der Waals surface area contributed by atoms with Gasteiger partial charge in [0, 0.05) is 36.6 Å². The summed E-state index contributed by atoms with van der Waals surface area (Å²) in [7, 11) is 1.83. The molecule has 3 rings (SSSR count). The second-order valence-corrected chi connectivity index (χ2v) is 6.43. The molecule has 0 saturated heterocycles. The lowest BCUT2D eigenvalue weighted by atomic mass is 10.1. The number of nitrogens with two attached hydrogens (primary N) is 1. The van der Waals surface area contributed by atoms with Crippen LogP contribution in [0.25, 0.3) is 11.1 Å². The second-order valence-electron chi connectivity index (χ2n) is 6.43. The molecule has 1 unspecified atom stereocenters. The number of aryl methyl sites for hydroxylation is 1. The number of hydrogen-bond acceptors (Lipinski definition) is 5. The number of carbonyl (C=O) groups excluding carboxylic acids is 1. The third-order valence-corrected chi connectivity index (χ3v) is 4.06. The quantitative estimate of drug-likeness (QED) is 0.670. The fourth-order valence-electron chi connectivity index (χ4n) is 2.66. The molecule has 2 heterocycles. The molecule has 0 saturated carbocycles. The van der Waals surface area contributed by atoms with E-state index in [9.17, 15) is 4.79 Å². The third-order valence-electron chi connectivity index (χ3n) is 4.06. The van der Waals surface area contributed by atoms with Crippen molar-refractivity contribution in [2.24, 2.45) is 7.05 Å². The molecule has 0 bridgehead atoms. The van der Waals surface area contributed by atoms with Gasteiger partial charge in [0.15, 0.2) is 0 Å². The van der Waals surface area contributed by atoms with Gasteiger partial charge in [0.1, 0.15) is 5.82 Å². The van der Waals surface area contributed by atoms with Crippen LogP contribution in [0.3, 0.4) is 0 Å². The van der Waals surface area contributed by atoms with Gasteiger partial charge >= 0.3 is 0 Å². The van der Waals surface area contributed by atoms with Crippen molar-refractivity contribution in [2.75, 3.05) is 12.3 Å². The van der Waals surface area contributed by atoms with Crippen molar-refractivity contribution in [1.82, 2.24) is 20.1 Å². The summed E-state index contributed by atoms with van der Waals surface area (Å²) in [5, 5.41) is 7.04. The summed E-state index contributed by atoms with van der Waals surface area (Å²) in [4.78, 5) is 16.7. The summed E-state index contributed by atoms with van der Waals surface area (Å²) < 4.78 is 7.36. The number of benzene rings is 1. The van der Waals surface area contributed by atoms with Gasteiger partial charge in [0.2, 0.25) is 0 Å². The summed E-state index contributed by atoms with van der Waals surface area (Å²) in [5.74, 6) is -0.0842. The predicted octanol–water partition coefficient (Wildman–Crippen LogP) is 2.40. The molecule has 0 aliphatic rings. The van der Waals surface area contributed by atoms with E-state index in [4.69, 9.17) is 10.5 Å². The highest BCUT2D eigenvalue weighted by Gasteiger charge is 2.15. The fourth-order valence-corrected chi connectivity index (χ4v) is 2.66. The minimum absolute atomic E-state index is 0.164. The van der Waals surface area contributed by atoms with Crippen LogP contribution in [-0.4, -0.2) is 33.3 Å². The molecule has 3 aromatic rings. The molecule has 0 radical (unpaired) electrons. The number of rotatable bonds is 7. The van der Waals surface area contributed by atoms with Crippen LogP contribution in [0.15, 0.2) is 55.0 Å². The molecular formula is C20H23N5O2. The number of hydrogen-bond donors (Lipinski definition) is 2. The summed E-state index contributed by atoms with van der Waals surface area (Å²) in [6.07, 6.45) is 5.21. The maximum absolute atomic E-state index is 12.6. The Balaban J connectivity index is 1.59. The molecule has 0 aliphatic heterocycles. The third kappa shape index (κ3) is 4.92. The van der Waals surface area contributed by atoms with Gasteiger partial charge in [-0.1, -0.05) is 30.3 Å². The van der Waals surface area contributed by atoms with Crippen molar-refractivity contribution < 1.29 is 9.53 Å². The summed E-state index contributed by atoms with van der Waals surface area (Å²) in [6, 6.07) is 11.5. The maximum Gasteiger partial charge on any atom is 0.255 e. The Labute approximate surface area is 158 Å². The van der Waals surface area contributed by atoms with E-state index in [2.05, 4.69) is 15.4 Å². The molecule has 3 N–H and O–H groups in total. The molecule has 0 aliphatic carbocycles. The summed E-state index contributed by atoms with van der Waals surface area (Å²) >= 11 is 0. The number of amides is 1. The van der Waals surface area contributed by atoms with Gasteiger partial charge in [0.05, 0.1) is 25.0 Å². The van der Waals surface area contributed by atoms with E-state index in [1.165, 1.54) is 0 Å². The highest BCUT2D eigenvalue weighted by atomic mass is 16.5. The van der Waals surface area contributed by atoms with E-state index in [0.717, 1.165) is 16.7 Å². The van der Waals surface area contributed by atoms with Gasteiger partial charge in [-0.25, -0.2) is 4.98 Å². The second kappa shape index (κ2) is 8.46. The van der Waals surface area contributed by atoms with E-state index in [-0.39, 0.29) is 17.8 Å². The van der Waals surface area contributed by atoms with Crippen LogP contribution in [0.4, 0.5) is 5.82 Å². The monoisotopic (exact) mass is 365 g/mol. The zero-order valence-corrected chi connectivity index (χ0v) is 15.4. The van der Waals surface area contributed by atoms with Gasteiger partial charge in [-0.05, 0) is 18.6 Å². The van der Waals surface area contributed by atoms with E-state index < -0.39 is 0 Å². The fraction of sp³-hybridized carbons (Fsp3) is 0.250. The lowest BCUT2D eigenvalue weighted by molar-refractivity contribution is 0.0821. The molecule has 140 valence electrons. The number of ether oxygens (including phenoxy) is 1. The van der Waals surface area contributed by atoms with E-state index in [1.807, 2.05) is 50.5 Å². The first-order chi connectivity index (χ1) is 13.0. The Kier molecular flexibility index (Phi) is 5.83. The molecule has 7 nitrogen and oxygen atoms in total. The number of nitrogens with zero attached hydrogens (tertiary/aromatic N) is 3. The molecule has 1 atom stereocenters. The Morgan fingerprint density at radius 3 is 2.74 bits per heavy atom. The molecule has 27 heavy (non-hydrogen) atoms. The van der Waals surface area contributed by atoms with Gasteiger partial charge in [-0.15, -0.1) is 0 Å². The number of nitrogen functional groups attached to an aromatic ring is 1. The summed E-state index contributed by atoms with van der Waals surface area (Å²) in [6.45, 7) is 2.79. The predicted molar refractivity (Wildman–Crippen MR) is 104 cm³/mol. The number of aromatic nitrogens is 3. The lowest BCUT2D eigenvalue weighted by Gasteiger charge is -2.15. The van der Waals surface area contributed by atoms with Gasteiger partial charge in [-0.2, -0.15) is 5.10 Å². The average molecular weight is 365 g/mol. The highest BCUT2D eigenvalue weighted by molar-refractivity contribution is 5.99. The van der Waals surface area contributed by atoms with Crippen LogP contribution in [0.1, 0.15) is 22.8 Å². The van der Waals surface area contributed by atoms with Crippen LogP contribution >= 0.6 is 0 Å². The number of anilines is 1. The van der Waals surface area contributed by atoms with Gasteiger partial charge in [-0.3, -0.25) is 9.48 Å². The highest BCUT2D eigenvalue weighted by Crippen LogP contribution is 2.21. The molecule has 0 spiro atoms. The SMILES string of the molecule is CC(COCc1ccccc1)NC(=O)c1cc(-c2cnn(C)c2)cnc1N. The Morgan fingerprint density at radius 1 is 1.26 bits per heavy atom. The molecular weight excluding hydrogens is 342 g/mol. The van der Waals surface area contributed by atoms with Crippen LogP contribution in [0, 0.1) is 0 Å². The molecule has 0 fully saturated rings. The van der Waals surface area contributed by atoms with Crippen molar-refractivity contribution in [2.45, 2.75) is 19.6 Å². The van der Waals surface area contributed by atoms with E-state index >= 15 is 0 Å². The number of nitrogens with one attached hydrogen (secondary N) is 1. The first-order valence-electron chi connectivity index (χ1n) is 8.70. The minimum Gasteiger partial charge on any atom is -0.383 e. The van der Waals surface area contributed by atoms with E-state index in [1.54, 1.807) is 23.1 Å². The van der Waals surface area contributed by atoms with Crippen LogP contribution in [-0.2, 0) is 18.4 Å². The smallest absolute Gasteiger partial charge is 0.255 e. The largest absolute Gasteiger partial charge is 0.383 e. The first kappa shape index (κ1) is 18.6. The summed E-state index contributed by atoms with van der Waals surface area (Å²) in [5.41, 5.74) is 8.99. The maximum atomic E-state index is 12.6. The number of pyridine rings is 1. The Morgan fingerprint density at radius 2 is 2.04 bits per heavy atom. The van der Waals surface area contributed by atoms with Crippen LogP contribution in [0.2, 0.25) is 0 Å². The molecule has 7 heteroatoms. The zero-order valence-electron chi connectivity index (χ0n) is 15.4. The molecule has 1 aromatic carbocycles. The van der Waals surface area contributed by atoms with Crippen molar-refractivity contribution in [3.05, 3.63) is 66.1 Å². The Hall–Kier alpha value is -3.19. The topological polar surface area (TPSA) is 95.1 Å². The minimum atomic E-state index is -0.276. The first-order valence-corrected chi connectivity index (χ1v) is 8.70. The lowest BCUT2D eigenvalue weighted by Crippen LogP contribution is -2.36.